The summed E-state index contributed by atoms with van der Waals surface area (Å²) >= 11 is 0. The van der Waals surface area contributed by atoms with Crippen LogP contribution in [0.3, 0.4) is 0 Å². The van der Waals surface area contributed by atoms with Crippen LogP contribution in [0.25, 0.3) is 0 Å². The number of carbonyl (C=O) groups is 2. The second-order valence-electron chi connectivity index (χ2n) is 5.49. The molecule has 2 fully saturated rings. The van der Waals surface area contributed by atoms with Crippen LogP contribution in [-0.4, -0.2) is 43.0 Å². The molecule has 0 spiro atoms. The number of ether oxygens (including phenoxy) is 1. The van der Waals surface area contributed by atoms with E-state index in [0.717, 1.165) is 45.6 Å². The van der Waals surface area contributed by atoms with Crippen molar-refractivity contribution in [2.75, 3.05) is 26.3 Å². The molecule has 0 bridgehead atoms. The van der Waals surface area contributed by atoms with Gasteiger partial charge in [-0.25, -0.2) is 0 Å². The molecule has 3 aliphatic rings. The van der Waals surface area contributed by atoms with Crippen LogP contribution in [0.5, 0.6) is 0 Å². The summed E-state index contributed by atoms with van der Waals surface area (Å²) in [5.41, 5.74) is 1.27. The van der Waals surface area contributed by atoms with E-state index in [0.29, 0.717) is 6.42 Å². The standard InChI is InChI=1S/C14H20N2O3/c17-13-9-11(14(18)15-13)10-3-1-2-4-12(10)16-5-7-19-8-6-16/h4,10-11H,1-3,5-9H2,(H,15,17,18). The minimum atomic E-state index is -0.165. The molecule has 2 heterocycles. The van der Waals surface area contributed by atoms with Crippen LogP contribution in [0.1, 0.15) is 25.7 Å². The molecule has 2 unspecified atom stereocenters. The molecule has 0 aromatic heterocycles. The van der Waals surface area contributed by atoms with Gasteiger partial charge in [-0.05, 0) is 19.3 Å². The summed E-state index contributed by atoms with van der Waals surface area (Å²) in [7, 11) is 0. The summed E-state index contributed by atoms with van der Waals surface area (Å²) in [6.45, 7) is 3.29. The SMILES string of the molecule is O=C1CC(C2CCCC=C2N2CCOCC2)C(=O)N1. The van der Waals surface area contributed by atoms with E-state index in [1.165, 1.54) is 5.70 Å². The summed E-state index contributed by atoms with van der Waals surface area (Å²) in [4.78, 5) is 25.7. The van der Waals surface area contributed by atoms with Crippen molar-refractivity contribution in [3.63, 3.8) is 0 Å². The molecule has 5 heteroatoms. The number of nitrogens with zero attached hydrogens (tertiary/aromatic N) is 1. The first kappa shape index (κ1) is 12.7. The Labute approximate surface area is 113 Å². The largest absolute Gasteiger partial charge is 0.378 e. The molecule has 19 heavy (non-hydrogen) atoms. The number of allylic oxidation sites excluding steroid dienone is 2. The van der Waals surface area contributed by atoms with Crippen LogP contribution in [0.4, 0.5) is 0 Å². The van der Waals surface area contributed by atoms with Crippen molar-refractivity contribution >= 4 is 11.8 Å². The number of hydrogen-bond acceptors (Lipinski definition) is 4. The third kappa shape index (κ3) is 2.52. The number of rotatable bonds is 2. The van der Waals surface area contributed by atoms with Crippen molar-refractivity contribution in [3.05, 3.63) is 11.8 Å². The van der Waals surface area contributed by atoms with E-state index in [-0.39, 0.29) is 23.7 Å². The van der Waals surface area contributed by atoms with Crippen LogP contribution in [-0.2, 0) is 14.3 Å². The predicted molar refractivity (Wildman–Crippen MR) is 69.1 cm³/mol. The van der Waals surface area contributed by atoms with Gasteiger partial charge in [0, 0.05) is 31.1 Å². The van der Waals surface area contributed by atoms with Gasteiger partial charge >= 0.3 is 0 Å². The topological polar surface area (TPSA) is 58.6 Å². The Morgan fingerprint density at radius 2 is 2.00 bits per heavy atom. The Bertz CT molecular complexity index is 413. The minimum absolute atomic E-state index is 0.0870. The highest BCUT2D eigenvalue weighted by molar-refractivity contribution is 6.03. The van der Waals surface area contributed by atoms with Gasteiger partial charge in [0.15, 0.2) is 0 Å². The summed E-state index contributed by atoms with van der Waals surface area (Å²) in [6.07, 6.45) is 5.80. The van der Waals surface area contributed by atoms with Gasteiger partial charge in [0.25, 0.3) is 0 Å². The maximum Gasteiger partial charge on any atom is 0.230 e. The molecule has 0 aromatic rings. The zero-order chi connectivity index (χ0) is 13.2. The lowest BCUT2D eigenvalue weighted by Crippen LogP contribution is -2.41. The Balaban J connectivity index is 1.78. The van der Waals surface area contributed by atoms with Gasteiger partial charge in [-0.2, -0.15) is 0 Å². The fourth-order valence-corrected chi connectivity index (χ4v) is 3.38. The second-order valence-corrected chi connectivity index (χ2v) is 5.49. The van der Waals surface area contributed by atoms with Gasteiger partial charge in [0.1, 0.15) is 0 Å². The number of amides is 2. The Morgan fingerprint density at radius 1 is 1.21 bits per heavy atom. The average molecular weight is 264 g/mol. The van der Waals surface area contributed by atoms with Crippen molar-refractivity contribution < 1.29 is 14.3 Å². The van der Waals surface area contributed by atoms with E-state index < -0.39 is 0 Å². The molecule has 0 radical (unpaired) electrons. The second kappa shape index (κ2) is 5.33. The molecule has 3 rings (SSSR count). The smallest absolute Gasteiger partial charge is 0.230 e. The molecule has 1 aliphatic carbocycles. The monoisotopic (exact) mass is 264 g/mol. The van der Waals surface area contributed by atoms with E-state index in [2.05, 4.69) is 16.3 Å². The zero-order valence-corrected chi connectivity index (χ0v) is 11.1. The molecule has 2 aliphatic heterocycles. The van der Waals surface area contributed by atoms with Crippen LogP contribution in [0, 0.1) is 11.8 Å². The van der Waals surface area contributed by atoms with Crippen LogP contribution >= 0.6 is 0 Å². The third-order valence-electron chi connectivity index (χ3n) is 4.32. The fraction of sp³-hybridized carbons (Fsp3) is 0.714. The average Bonchev–Trinajstić information content (AvgIpc) is 2.79. The first-order valence-electron chi connectivity index (χ1n) is 7.12. The highest BCUT2D eigenvalue weighted by atomic mass is 16.5. The molecule has 104 valence electrons. The lowest BCUT2D eigenvalue weighted by atomic mass is 9.80. The predicted octanol–water partition coefficient (Wildman–Crippen LogP) is 0.665. The Kier molecular flexibility index (Phi) is 3.55. The summed E-state index contributed by atoms with van der Waals surface area (Å²) in [6, 6.07) is 0. The summed E-state index contributed by atoms with van der Waals surface area (Å²) in [5.74, 6) is -0.168. The number of hydrogen-bond donors (Lipinski definition) is 1. The van der Waals surface area contributed by atoms with E-state index in [4.69, 9.17) is 4.74 Å². The van der Waals surface area contributed by atoms with Crippen molar-refractivity contribution in [2.24, 2.45) is 11.8 Å². The van der Waals surface area contributed by atoms with Gasteiger partial charge in [-0.3, -0.25) is 14.9 Å². The minimum Gasteiger partial charge on any atom is -0.378 e. The van der Waals surface area contributed by atoms with Crippen molar-refractivity contribution in [1.82, 2.24) is 10.2 Å². The molecule has 2 amide bonds. The van der Waals surface area contributed by atoms with Crippen molar-refractivity contribution in [3.8, 4) is 0 Å². The van der Waals surface area contributed by atoms with Crippen LogP contribution < -0.4 is 5.32 Å². The van der Waals surface area contributed by atoms with Gasteiger partial charge in [0.05, 0.1) is 19.1 Å². The van der Waals surface area contributed by atoms with Gasteiger partial charge in [-0.15, -0.1) is 0 Å². The first-order chi connectivity index (χ1) is 9.25. The van der Waals surface area contributed by atoms with Gasteiger partial charge < -0.3 is 9.64 Å². The fourth-order valence-electron chi connectivity index (χ4n) is 3.38. The maximum absolute atomic E-state index is 11.9. The van der Waals surface area contributed by atoms with Crippen LogP contribution in [0.15, 0.2) is 11.8 Å². The number of nitrogens with one attached hydrogen (secondary N) is 1. The van der Waals surface area contributed by atoms with Crippen molar-refractivity contribution in [2.45, 2.75) is 25.7 Å². The number of carbonyl (C=O) groups excluding carboxylic acids is 2. The Hall–Kier alpha value is -1.36. The lowest BCUT2D eigenvalue weighted by Gasteiger charge is -2.38. The molecule has 0 aromatic carbocycles. The molecule has 0 saturated carbocycles. The van der Waals surface area contributed by atoms with E-state index in [1.807, 2.05) is 0 Å². The lowest BCUT2D eigenvalue weighted by molar-refractivity contribution is -0.126. The molecular formula is C14H20N2O3. The van der Waals surface area contributed by atoms with E-state index in [1.54, 1.807) is 0 Å². The first-order valence-corrected chi connectivity index (χ1v) is 7.12. The molecule has 2 atom stereocenters. The molecule has 5 nitrogen and oxygen atoms in total. The van der Waals surface area contributed by atoms with E-state index in [9.17, 15) is 9.59 Å². The highest BCUT2D eigenvalue weighted by Gasteiger charge is 2.40. The summed E-state index contributed by atoms with van der Waals surface area (Å²) < 4.78 is 5.39. The van der Waals surface area contributed by atoms with Gasteiger partial charge in [-0.1, -0.05) is 6.08 Å². The molecule has 1 N–H and O–H groups in total. The van der Waals surface area contributed by atoms with Gasteiger partial charge in [0.2, 0.25) is 11.8 Å². The summed E-state index contributed by atoms with van der Waals surface area (Å²) in [5, 5.41) is 2.44. The zero-order valence-electron chi connectivity index (χ0n) is 11.1. The highest BCUT2D eigenvalue weighted by Crippen LogP contribution is 2.36. The third-order valence-corrected chi connectivity index (χ3v) is 4.32. The quantitative estimate of drug-likeness (QED) is 0.745. The number of imide groups is 1. The maximum atomic E-state index is 11.9. The normalized spacial score (nSPS) is 32.2. The molecule has 2 saturated heterocycles. The van der Waals surface area contributed by atoms with E-state index >= 15 is 0 Å². The number of morpholine rings is 1. The van der Waals surface area contributed by atoms with Crippen LogP contribution in [0.2, 0.25) is 0 Å². The Morgan fingerprint density at radius 3 is 2.68 bits per heavy atom. The van der Waals surface area contributed by atoms with Crippen molar-refractivity contribution in [1.29, 1.82) is 0 Å². The molecular weight excluding hydrogens is 244 g/mol.